The zero-order chi connectivity index (χ0) is 12.3. The number of rotatable bonds is 5. The Bertz CT molecular complexity index is 326. The molecule has 1 atom stereocenters. The second-order valence-electron chi connectivity index (χ2n) is 5.53. The topological polar surface area (TPSA) is 43.8 Å². The lowest BCUT2D eigenvalue weighted by Crippen LogP contribution is -2.38. The van der Waals surface area contributed by atoms with Crippen LogP contribution in [-0.2, 0) is 6.42 Å². The highest BCUT2D eigenvalue weighted by Crippen LogP contribution is 2.25. The van der Waals surface area contributed by atoms with Crippen LogP contribution in [0.2, 0.25) is 0 Å². The van der Waals surface area contributed by atoms with E-state index in [0.29, 0.717) is 6.04 Å². The molecule has 0 aliphatic rings. The smallest absolute Gasteiger partial charge is 0.0640 e. The number of nitrogens with zero attached hydrogens (tertiary/aromatic N) is 2. The molecule has 0 bridgehead atoms. The first-order chi connectivity index (χ1) is 7.36. The van der Waals surface area contributed by atoms with Crippen LogP contribution >= 0.6 is 0 Å². The summed E-state index contributed by atoms with van der Waals surface area (Å²) in [5.74, 6) is 0. The Morgan fingerprint density at radius 3 is 2.50 bits per heavy atom. The minimum atomic E-state index is 0.174. The molecule has 0 aliphatic carbocycles. The van der Waals surface area contributed by atoms with Gasteiger partial charge in [0.1, 0.15) is 0 Å². The molecular weight excluding hydrogens is 198 g/mol. The molecule has 3 heteroatoms. The van der Waals surface area contributed by atoms with Crippen molar-refractivity contribution in [1.29, 1.82) is 0 Å². The maximum atomic E-state index is 6.23. The average molecular weight is 223 g/mol. The highest BCUT2D eigenvalue weighted by molar-refractivity contribution is 5.03. The maximum Gasteiger partial charge on any atom is 0.0640 e. The van der Waals surface area contributed by atoms with Gasteiger partial charge < -0.3 is 5.73 Å². The van der Waals surface area contributed by atoms with E-state index < -0.39 is 0 Å². The van der Waals surface area contributed by atoms with Crippen molar-refractivity contribution in [2.45, 2.75) is 59.5 Å². The van der Waals surface area contributed by atoms with Crippen molar-refractivity contribution < 1.29 is 0 Å². The molecule has 16 heavy (non-hydrogen) atoms. The van der Waals surface area contributed by atoms with Gasteiger partial charge in [-0.05, 0) is 31.7 Å². The Kier molecular flexibility index (Phi) is 4.14. The van der Waals surface area contributed by atoms with E-state index in [1.807, 2.05) is 10.9 Å². The van der Waals surface area contributed by atoms with Gasteiger partial charge in [-0.1, -0.05) is 20.8 Å². The molecule has 0 fully saturated rings. The molecule has 0 spiro atoms. The summed E-state index contributed by atoms with van der Waals surface area (Å²) < 4.78 is 1.99. The van der Waals surface area contributed by atoms with Gasteiger partial charge in [0.15, 0.2) is 0 Å². The van der Waals surface area contributed by atoms with E-state index in [2.05, 4.69) is 45.8 Å². The maximum absolute atomic E-state index is 6.23. The number of aromatic nitrogens is 2. The number of nitrogens with two attached hydrogens (primary N) is 1. The van der Waals surface area contributed by atoms with Crippen molar-refractivity contribution >= 4 is 0 Å². The van der Waals surface area contributed by atoms with Crippen molar-refractivity contribution in [2.75, 3.05) is 0 Å². The number of hydrogen-bond acceptors (Lipinski definition) is 2. The van der Waals surface area contributed by atoms with Gasteiger partial charge in [-0.15, -0.1) is 0 Å². The lowest BCUT2D eigenvalue weighted by atomic mass is 9.80. The van der Waals surface area contributed by atoms with E-state index in [0.717, 1.165) is 18.5 Å². The summed E-state index contributed by atoms with van der Waals surface area (Å²) in [6.07, 6.45) is 3.99. The van der Waals surface area contributed by atoms with Crippen molar-refractivity contribution in [2.24, 2.45) is 11.1 Å². The van der Waals surface area contributed by atoms with Crippen LogP contribution in [0, 0.1) is 5.41 Å². The first kappa shape index (κ1) is 13.2. The molecule has 0 aliphatic heterocycles. The quantitative estimate of drug-likeness (QED) is 0.834. The fraction of sp³-hybridized carbons (Fsp3) is 0.769. The Labute approximate surface area is 99.0 Å². The molecule has 3 nitrogen and oxygen atoms in total. The van der Waals surface area contributed by atoms with Crippen LogP contribution < -0.4 is 5.73 Å². The van der Waals surface area contributed by atoms with Gasteiger partial charge >= 0.3 is 0 Å². The molecule has 1 aromatic heterocycles. The highest BCUT2D eigenvalue weighted by Gasteiger charge is 2.25. The lowest BCUT2D eigenvalue weighted by molar-refractivity contribution is 0.271. The predicted octanol–water partition coefficient (Wildman–Crippen LogP) is 2.77. The lowest BCUT2D eigenvalue weighted by Gasteiger charge is -2.29. The zero-order valence-electron chi connectivity index (χ0n) is 11.2. The molecule has 0 aromatic carbocycles. The molecular formula is C13H25N3. The molecule has 1 rings (SSSR count). The van der Waals surface area contributed by atoms with E-state index in [1.165, 1.54) is 0 Å². The van der Waals surface area contributed by atoms with Gasteiger partial charge in [-0.25, -0.2) is 0 Å². The largest absolute Gasteiger partial charge is 0.327 e. The minimum absolute atomic E-state index is 0.174. The summed E-state index contributed by atoms with van der Waals surface area (Å²) in [5, 5.41) is 4.53. The first-order valence-electron chi connectivity index (χ1n) is 6.16. The monoisotopic (exact) mass is 223 g/mol. The van der Waals surface area contributed by atoms with Crippen molar-refractivity contribution in [3.05, 3.63) is 18.0 Å². The molecule has 0 radical (unpaired) electrons. The van der Waals surface area contributed by atoms with E-state index in [9.17, 15) is 0 Å². The Balaban J connectivity index is 2.66. The van der Waals surface area contributed by atoms with Gasteiger partial charge in [0.05, 0.1) is 5.69 Å². The summed E-state index contributed by atoms with van der Waals surface area (Å²) in [6.45, 7) is 10.9. The zero-order valence-corrected chi connectivity index (χ0v) is 11.2. The van der Waals surface area contributed by atoms with Crippen molar-refractivity contribution in [3.63, 3.8) is 0 Å². The molecule has 0 saturated heterocycles. The molecule has 92 valence electrons. The summed E-state index contributed by atoms with van der Waals surface area (Å²) in [4.78, 5) is 0. The summed E-state index contributed by atoms with van der Waals surface area (Å²) in [5.41, 5.74) is 7.51. The number of hydrogen-bond donors (Lipinski definition) is 1. The third-order valence-electron chi connectivity index (χ3n) is 3.54. The molecule has 0 saturated carbocycles. The van der Waals surface area contributed by atoms with Crippen LogP contribution in [0.25, 0.3) is 0 Å². The second-order valence-corrected chi connectivity index (χ2v) is 5.53. The summed E-state index contributed by atoms with van der Waals surface area (Å²) in [6, 6.07) is 2.67. The van der Waals surface area contributed by atoms with E-state index in [-0.39, 0.29) is 11.5 Å². The van der Waals surface area contributed by atoms with Crippen molar-refractivity contribution in [1.82, 2.24) is 9.78 Å². The second kappa shape index (κ2) is 5.00. The highest BCUT2D eigenvalue weighted by atomic mass is 15.3. The minimum Gasteiger partial charge on any atom is -0.327 e. The van der Waals surface area contributed by atoms with Gasteiger partial charge in [0, 0.05) is 24.7 Å². The van der Waals surface area contributed by atoms with Crippen LogP contribution in [0.3, 0.4) is 0 Å². The van der Waals surface area contributed by atoms with Gasteiger partial charge in [-0.3, -0.25) is 4.68 Å². The van der Waals surface area contributed by atoms with Gasteiger partial charge in [0.2, 0.25) is 0 Å². The Morgan fingerprint density at radius 1 is 1.44 bits per heavy atom. The van der Waals surface area contributed by atoms with E-state index >= 15 is 0 Å². The van der Waals surface area contributed by atoms with E-state index in [1.54, 1.807) is 0 Å². The fourth-order valence-corrected chi connectivity index (χ4v) is 1.54. The van der Waals surface area contributed by atoms with Crippen LogP contribution in [-0.4, -0.2) is 15.8 Å². The molecule has 2 N–H and O–H groups in total. The third kappa shape index (κ3) is 3.08. The average Bonchev–Trinajstić information content (AvgIpc) is 2.66. The van der Waals surface area contributed by atoms with Crippen molar-refractivity contribution in [3.8, 4) is 0 Å². The van der Waals surface area contributed by atoms with Crippen LogP contribution in [0.15, 0.2) is 12.3 Å². The molecule has 1 heterocycles. The predicted molar refractivity (Wildman–Crippen MR) is 68.4 cm³/mol. The van der Waals surface area contributed by atoms with Crippen LogP contribution in [0.5, 0.6) is 0 Å². The molecule has 0 amide bonds. The summed E-state index contributed by atoms with van der Waals surface area (Å²) >= 11 is 0. The van der Waals surface area contributed by atoms with Crippen LogP contribution in [0.4, 0.5) is 0 Å². The Hall–Kier alpha value is -0.830. The SMILES string of the molecule is CCC(C)(C)C(N)Cc1ccn(C(C)C)n1. The first-order valence-corrected chi connectivity index (χ1v) is 6.16. The van der Waals surface area contributed by atoms with E-state index in [4.69, 9.17) is 5.73 Å². The van der Waals surface area contributed by atoms with Gasteiger partial charge in [-0.2, -0.15) is 5.10 Å². The summed E-state index contributed by atoms with van der Waals surface area (Å²) in [7, 11) is 0. The Morgan fingerprint density at radius 2 is 2.06 bits per heavy atom. The van der Waals surface area contributed by atoms with Gasteiger partial charge in [0.25, 0.3) is 0 Å². The standard InChI is InChI=1S/C13H25N3/c1-6-13(4,5)12(14)9-11-7-8-16(15-11)10(2)3/h7-8,10,12H,6,9,14H2,1-5H3. The molecule has 1 unspecified atom stereocenters. The molecule has 1 aromatic rings. The van der Waals surface area contributed by atoms with Crippen LogP contribution in [0.1, 0.15) is 52.8 Å². The fourth-order valence-electron chi connectivity index (χ4n) is 1.54. The third-order valence-corrected chi connectivity index (χ3v) is 3.54. The normalized spacial score (nSPS) is 14.4.